The van der Waals surface area contributed by atoms with Crippen LogP contribution in [0.25, 0.3) is 11.3 Å². The number of cyclic esters (lactones) is 1. The Hall–Kier alpha value is -1.95. The molecule has 1 saturated heterocycles. The first kappa shape index (κ1) is 12.1. The van der Waals surface area contributed by atoms with Crippen LogP contribution < -0.4 is 5.84 Å². The molecule has 1 aliphatic heterocycles. The first-order chi connectivity index (χ1) is 9.24. The van der Waals surface area contributed by atoms with Gasteiger partial charge < -0.3 is 10.6 Å². The number of aromatic nitrogens is 2. The van der Waals surface area contributed by atoms with E-state index in [4.69, 9.17) is 10.6 Å². The van der Waals surface area contributed by atoms with E-state index in [2.05, 4.69) is 4.98 Å². The van der Waals surface area contributed by atoms with Crippen molar-refractivity contribution in [2.45, 2.75) is 16.8 Å². The Morgan fingerprint density at radius 3 is 2.84 bits per heavy atom. The van der Waals surface area contributed by atoms with Crippen molar-refractivity contribution < 1.29 is 9.53 Å². The number of benzene rings is 1. The van der Waals surface area contributed by atoms with Gasteiger partial charge in [0.25, 0.3) is 0 Å². The number of carbonyl (C=O) groups excluding carboxylic acids is 1. The highest BCUT2D eigenvalue weighted by atomic mass is 32.2. The molecule has 0 amide bonds. The second kappa shape index (κ2) is 4.97. The average molecular weight is 275 g/mol. The van der Waals surface area contributed by atoms with E-state index < -0.39 is 0 Å². The van der Waals surface area contributed by atoms with E-state index in [1.54, 1.807) is 6.20 Å². The summed E-state index contributed by atoms with van der Waals surface area (Å²) in [6, 6.07) is 9.80. The molecule has 3 rings (SSSR count). The second-order valence-electron chi connectivity index (χ2n) is 4.24. The summed E-state index contributed by atoms with van der Waals surface area (Å²) in [6.45, 7) is 0.479. The van der Waals surface area contributed by atoms with Crippen LogP contribution in [-0.2, 0) is 9.53 Å². The monoisotopic (exact) mass is 275 g/mol. The minimum Gasteiger partial charge on any atom is -0.465 e. The molecular weight excluding hydrogens is 262 g/mol. The summed E-state index contributed by atoms with van der Waals surface area (Å²) in [4.78, 5) is 15.9. The lowest BCUT2D eigenvalue weighted by Gasteiger charge is -2.03. The molecule has 98 valence electrons. The van der Waals surface area contributed by atoms with Crippen LogP contribution in [0.1, 0.15) is 6.42 Å². The summed E-state index contributed by atoms with van der Waals surface area (Å²) in [5, 5.41) is 0.427. The van der Waals surface area contributed by atoms with Gasteiger partial charge in [-0.1, -0.05) is 42.1 Å². The predicted molar refractivity (Wildman–Crippen MR) is 73.0 cm³/mol. The molecule has 19 heavy (non-hydrogen) atoms. The quantitative estimate of drug-likeness (QED) is 0.681. The lowest BCUT2D eigenvalue weighted by Crippen LogP contribution is -2.14. The van der Waals surface area contributed by atoms with Gasteiger partial charge in [-0.25, -0.2) is 9.66 Å². The summed E-state index contributed by atoms with van der Waals surface area (Å²) in [6.07, 6.45) is 2.47. The number of ether oxygens (including phenoxy) is 1. The van der Waals surface area contributed by atoms with Gasteiger partial charge in [-0.2, -0.15) is 0 Å². The van der Waals surface area contributed by atoms with Crippen molar-refractivity contribution in [3.8, 4) is 11.3 Å². The number of nitrogens with zero attached hydrogens (tertiary/aromatic N) is 2. The summed E-state index contributed by atoms with van der Waals surface area (Å²) >= 11 is 1.35. The van der Waals surface area contributed by atoms with Crippen molar-refractivity contribution in [1.82, 2.24) is 9.66 Å². The Kier molecular flexibility index (Phi) is 3.16. The van der Waals surface area contributed by atoms with E-state index in [1.807, 2.05) is 30.3 Å². The summed E-state index contributed by atoms with van der Waals surface area (Å²) < 4.78 is 6.39. The lowest BCUT2D eigenvalue weighted by atomic mass is 10.2. The van der Waals surface area contributed by atoms with E-state index >= 15 is 0 Å². The topological polar surface area (TPSA) is 70.1 Å². The van der Waals surface area contributed by atoms with Gasteiger partial charge in [0.1, 0.15) is 5.25 Å². The summed E-state index contributed by atoms with van der Waals surface area (Å²) in [5.41, 5.74) is 1.81. The maximum Gasteiger partial charge on any atom is 0.319 e. The molecule has 2 N–H and O–H groups in total. The van der Waals surface area contributed by atoms with Crippen molar-refractivity contribution in [1.29, 1.82) is 0 Å². The molecule has 2 aromatic rings. The molecule has 5 nitrogen and oxygen atoms in total. The number of thioether (sulfide) groups is 1. The number of esters is 1. The molecule has 0 spiro atoms. The number of rotatable bonds is 3. The number of imidazole rings is 1. The molecule has 1 aliphatic rings. The highest BCUT2D eigenvalue weighted by molar-refractivity contribution is 8.00. The van der Waals surface area contributed by atoms with Crippen molar-refractivity contribution in [3.63, 3.8) is 0 Å². The Labute approximate surface area is 114 Å². The fourth-order valence-corrected chi connectivity index (χ4v) is 2.88. The molecule has 0 radical (unpaired) electrons. The third-order valence-electron chi connectivity index (χ3n) is 2.90. The number of nitrogens with two attached hydrogens (primary N) is 1. The van der Waals surface area contributed by atoms with Crippen LogP contribution >= 0.6 is 11.8 Å². The van der Waals surface area contributed by atoms with Crippen LogP contribution in [-0.4, -0.2) is 27.5 Å². The highest BCUT2D eigenvalue weighted by Crippen LogP contribution is 2.30. The third kappa shape index (κ3) is 2.44. The second-order valence-corrected chi connectivity index (χ2v) is 5.41. The first-order valence-corrected chi connectivity index (χ1v) is 6.85. The molecular formula is C13H13N3O2S. The summed E-state index contributed by atoms with van der Waals surface area (Å²) in [5.74, 6) is 5.70. The van der Waals surface area contributed by atoms with Gasteiger partial charge in [-0.15, -0.1) is 0 Å². The molecule has 0 saturated carbocycles. The Morgan fingerprint density at radius 2 is 2.16 bits per heavy atom. The fourth-order valence-electron chi connectivity index (χ4n) is 1.92. The molecule has 1 fully saturated rings. The zero-order valence-corrected chi connectivity index (χ0v) is 11.0. The molecule has 6 heteroatoms. The zero-order valence-electron chi connectivity index (χ0n) is 10.2. The van der Waals surface area contributed by atoms with Gasteiger partial charge in [0.05, 0.1) is 18.5 Å². The van der Waals surface area contributed by atoms with E-state index in [9.17, 15) is 4.79 Å². The van der Waals surface area contributed by atoms with Crippen molar-refractivity contribution in [2.24, 2.45) is 0 Å². The van der Waals surface area contributed by atoms with E-state index in [0.717, 1.165) is 11.3 Å². The maximum absolute atomic E-state index is 11.4. The van der Waals surface area contributed by atoms with Crippen LogP contribution in [0.3, 0.4) is 0 Å². The molecule has 0 unspecified atom stereocenters. The van der Waals surface area contributed by atoms with Crippen LogP contribution in [0.4, 0.5) is 0 Å². The fraction of sp³-hybridized carbons (Fsp3) is 0.231. The smallest absolute Gasteiger partial charge is 0.319 e. The SMILES string of the molecule is Nn1cc(-c2ccccc2)nc1S[C@@H]1CCOC1=O. The van der Waals surface area contributed by atoms with E-state index in [1.165, 1.54) is 16.4 Å². The molecule has 2 heterocycles. The maximum atomic E-state index is 11.4. The first-order valence-electron chi connectivity index (χ1n) is 5.97. The minimum atomic E-state index is -0.201. The van der Waals surface area contributed by atoms with Crippen LogP contribution in [0.2, 0.25) is 0 Å². The average Bonchev–Trinajstić information content (AvgIpc) is 2.99. The zero-order chi connectivity index (χ0) is 13.2. The number of carbonyl (C=O) groups is 1. The number of hydrogen-bond acceptors (Lipinski definition) is 5. The largest absolute Gasteiger partial charge is 0.465 e. The number of nitrogen functional groups attached to an aromatic ring is 1. The van der Waals surface area contributed by atoms with Gasteiger partial charge in [0.2, 0.25) is 0 Å². The predicted octanol–water partition coefficient (Wildman–Crippen LogP) is 1.67. The van der Waals surface area contributed by atoms with Crippen molar-refractivity contribution >= 4 is 17.7 Å². The third-order valence-corrected chi connectivity index (χ3v) is 4.13. The van der Waals surface area contributed by atoms with Gasteiger partial charge >= 0.3 is 5.97 Å². The van der Waals surface area contributed by atoms with Gasteiger partial charge in [-0.3, -0.25) is 4.79 Å². The van der Waals surface area contributed by atoms with Crippen molar-refractivity contribution in [2.75, 3.05) is 12.4 Å². The minimum absolute atomic E-state index is 0.186. The van der Waals surface area contributed by atoms with Crippen LogP contribution in [0, 0.1) is 0 Å². The summed E-state index contributed by atoms with van der Waals surface area (Å²) in [7, 11) is 0. The van der Waals surface area contributed by atoms with Gasteiger partial charge in [-0.05, 0) is 0 Å². The standard InChI is InChI=1S/C13H13N3O2S/c14-16-8-10(9-4-2-1-3-5-9)15-13(16)19-11-6-7-18-12(11)17/h1-5,8,11H,6-7,14H2/t11-/m1/s1. The molecule has 1 aromatic carbocycles. The molecule has 1 atom stereocenters. The lowest BCUT2D eigenvalue weighted by molar-refractivity contribution is -0.137. The Bertz CT molecular complexity index is 597. The van der Waals surface area contributed by atoms with E-state index in [-0.39, 0.29) is 11.2 Å². The van der Waals surface area contributed by atoms with Crippen LogP contribution in [0.5, 0.6) is 0 Å². The number of hydrogen-bond donors (Lipinski definition) is 1. The molecule has 1 aromatic heterocycles. The van der Waals surface area contributed by atoms with Gasteiger partial charge in [0.15, 0.2) is 5.16 Å². The van der Waals surface area contributed by atoms with Crippen molar-refractivity contribution in [3.05, 3.63) is 36.5 Å². The van der Waals surface area contributed by atoms with Crippen LogP contribution in [0.15, 0.2) is 41.7 Å². The molecule has 0 bridgehead atoms. The Morgan fingerprint density at radius 1 is 1.37 bits per heavy atom. The van der Waals surface area contributed by atoms with Gasteiger partial charge in [0, 0.05) is 12.0 Å². The normalized spacial score (nSPS) is 18.5. The highest BCUT2D eigenvalue weighted by Gasteiger charge is 2.29. The Balaban J connectivity index is 1.84. The molecule has 0 aliphatic carbocycles. The van der Waals surface area contributed by atoms with E-state index in [0.29, 0.717) is 18.2 Å².